The van der Waals surface area contributed by atoms with Crippen LogP contribution in [0.3, 0.4) is 0 Å². The molecular formula is C13H27NO3. The molecule has 0 heterocycles. The number of nitrogens with two attached hydrogens (primary N) is 1. The van der Waals surface area contributed by atoms with Crippen LogP contribution in [0.2, 0.25) is 0 Å². The highest BCUT2D eigenvalue weighted by Gasteiger charge is 2.40. The van der Waals surface area contributed by atoms with Gasteiger partial charge in [-0.05, 0) is 32.6 Å². The molecule has 0 saturated carbocycles. The van der Waals surface area contributed by atoms with Crippen molar-refractivity contribution < 1.29 is 14.3 Å². The van der Waals surface area contributed by atoms with Crippen molar-refractivity contribution in [2.24, 2.45) is 17.1 Å². The van der Waals surface area contributed by atoms with Gasteiger partial charge in [0.2, 0.25) is 0 Å². The van der Waals surface area contributed by atoms with Crippen molar-refractivity contribution in [3.05, 3.63) is 0 Å². The zero-order chi connectivity index (χ0) is 13.5. The number of esters is 1. The average Bonchev–Trinajstić information content (AvgIpc) is 2.27. The van der Waals surface area contributed by atoms with Gasteiger partial charge in [-0.2, -0.15) is 0 Å². The first-order valence-electron chi connectivity index (χ1n) is 6.32. The number of hydrogen-bond donors (Lipinski definition) is 1. The second kappa shape index (κ2) is 7.67. The lowest BCUT2D eigenvalue weighted by Gasteiger charge is -2.33. The Kier molecular flexibility index (Phi) is 7.39. The number of methoxy groups -OCH3 is 1. The highest BCUT2D eigenvalue weighted by atomic mass is 16.5. The topological polar surface area (TPSA) is 61.5 Å². The van der Waals surface area contributed by atoms with Gasteiger partial charge in [0.15, 0.2) is 0 Å². The molecule has 4 heteroatoms. The van der Waals surface area contributed by atoms with E-state index in [-0.39, 0.29) is 12.1 Å². The zero-order valence-corrected chi connectivity index (χ0v) is 11.8. The molecule has 2 unspecified atom stereocenters. The van der Waals surface area contributed by atoms with Crippen LogP contribution in [0.4, 0.5) is 0 Å². The lowest BCUT2D eigenvalue weighted by Crippen LogP contribution is -2.43. The molecule has 2 atom stereocenters. The Balaban J connectivity index is 4.92. The predicted molar refractivity (Wildman–Crippen MR) is 68.7 cm³/mol. The molecule has 0 amide bonds. The third kappa shape index (κ3) is 5.04. The van der Waals surface area contributed by atoms with Crippen LogP contribution in [-0.2, 0) is 14.3 Å². The molecule has 0 bridgehead atoms. The lowest BCUT2D eigenvalue weighted by atomic mass is 9.76. The first-order valence-corrected chi connectivity index (χ1v) is 6.32. The molecule has 0 fully saturated rings. The second-order valence-corrected chi connectivity index (χ2v) is 5.05. The van der Waals surface area contributed by atoms with Crippen molar-refractivity contribution in [1.29, 1.82) is 0 Å². The number of carbonyl (C=O) groups excluding carboxylic acids is 1. The van der Waals surface area contributed by atoms with E-state index in [0.717, 1.165) is 6.42 Å². The molecule has 0 spiro atoms. The maximum Gasteiger partial charge on any atom is 0.313 e. The van der Waals surface area contributed by atoms with Gasteiger partial charge in [-0.1, -0.05) is 13.8 Å². The van der Waals surface area contributed by atoms with E-state index in [1.165, 1.54) is 0 Å². The molecule has 0 saturated heterocycles. The van der Waals surface area contributed by atoms with Crippen LogP contribution in [0.1, 0.15) is 40.5 Å². The van der Waals surface area contributed by atoms with Crippen LogP contribution in [0, 0.1) is 11.3 Å². The summed E-state index contributed by atoms with van der Waals surface area (Å²) in [5.74, 6) is 0.201. The monoisotopic (exact) mass is 245 g/mol. The van der Waals surface area contributed by atoms with Crippen molar-refractivity contribution in [3.8, 4) is 0 Å². The van der Waals surface area contributed by atoms with Gasteiger partial charge >= 0.3 is 5.97 Å². The van der Waals surface area contributed by atoms with Gasteiger partial charge in [0.1, 0.15) is 0 Å². The minimum Gasteiger partial charge on any atom is -0.466 e. The van der Waals surface area contributed by atoms with Crippen LogP contribution in [0.5, 0.6) is 0 Å². The Labute approximate surface area is 105 Å². The lowest BCUT2D eigenvalue weighted by molar-refractivity contribution is -0.158. The normalized spacial score (nSPS) is 16.6. The van der Waals surface area contributed by atoms with E-state index in [2.05, 4.69) is 13.8 Å². The minimum atomic E-state index is -0.612. The molecule has 0 aromatic carbocycles. The molecule has 0 aromatic rings. The van der Waals surface area contributed by atoms with E-state index in [1.807, 2.05) is 13.8 Å². The quantitative estimate of drug-likeness (QED) is 0.664. The summed E-state index contributed by atoms with van der Waals surface area (Å²) < 4.78 is 10.4. The standard InChI is InChI=1S/C13H27NO3/c1-6-17-12(15)13(9-14,7-10(2)3)8-11(4)16-5/h10-11H,6-9,14H2,1-5H3. The van der Waals surface area contributed by atoms with Gasteiger partial charge in [-0.3, -0.25) is 4.79 Å². The van der Waals surface area contributed by atoms with E-state index in [9.17, 15) is 4.79 Å². The SMILES string of the molecule is CCOC(=O)C(CN)(CC(C)C)CC(C)OC. The van der Waals surface area contributed by atoms with E-state index in [1.54, 1.807) is 7.11 Å². The molecule has 0 aliphatic heterocycles. The van der Waals surface area contributed by atoms with Crippen molar-refractivity contribution in [2.75, 3.05) is 20.3 Å². The zero-order valence-electron chi connectivity index (χ0n) is 11.8. The smallest absolute Gasteiger partial charge is 0.313 e. The molecule has 0 rings (SSSR count). The molecular weight excluding hydrogens is 218 g/mol. The van der Waals surface area contributed by atoms with Gasteiger partial charge in [-0.25, -0.2) is 0 Å². The second-order valence-electron chi connectivity index (χ2n) is 5.05. The van der Waals surface area contributed by atoms with E-state index >= 15 is 0 Å². The van der Waals surface area contributed by atoms with E-state index in [0.29, 0.717) is 25.5 Å². The predicted octanol–water partition coefficient (Wildman–Crippen LogP) is 1.97. The first kappa shape index (κ1) is 16.4. The van der Waals surface area contributed by atoms with Gasteiger partial charge in [0.05, 0.1) is 18.1 Å². The third-order valence-electron chi connectivity index (χ3n) is 2.98. The Morgan fingerprint density at radius 1 is 1.29 bits per heavy atom. The fourth-order valence-electron chi connectivity index (χ4n) is 2.20. The summed E-state index contributed by atoms with van der Waals surface area (Å²) in [7, 11) is 1.65. The molecule has 0 aliphatic rings. The number of rotatable bonds is 8. The highest BCUT2D eigenvalue weighted by molar-refractivity contribution is 5.77. The first-order chi connectivity index (χ1) is 7.91. The van der Waals surface area contributed by atoms with Crippen LogP contribution in [-0.4, -0.2) is 32.3 Å². The Hall–Kier alpha value is -0.610. The molecule has 17 heavy (non-hydrogen) atoms. The minimum absolute atomic E-state index is 0.00158. The third-order valence-corrected chi connectivity index (χ3v) is 2.98. The maximum absolute atomic E-state index is 12.1. The summed E-state index contributed by atoms with van der Waals surface area (Å²) in [5, 5.41) is 0. The van der Waals surface area contributed by atoms with Crippen molar-refractivity contribution in [1.82, 2.24) is 0 Å². The fourth-order valence-corrected chi connectivity index (χ4v) is 2.20. The summed E-state index contributed by atoms with van der Waals surface area (Å²) in [4.78, 5) is 12.1. The van der Waals surface area contributed by atoms with Gasteiger partial charge in [0.25, 0.3) is 0 Å². The van der Waals surface area contributed by atoms with Crippen LogP contribution in [0.15, 0.2) is 0 Å². The van der Waals surface area contributed by atoms with Crippen molar-refractivity contribution in [2.45, 2.75) is 46.6 Å². The van der Waals surface area contributed by atoms with Gasteiger partial charge in [0, 0.05) is 13.7 Å². The van der Waals surface area contributed by atoms with Gasteiger partial charge < -0.3 is 15.2 Å². The summed E-state index contributed by atoms with van der Waals surface area (Å²) in [5.41, 5.74) is 5.22. The summed E-state index contributed by atoms with van der Waals surface area (Å²) >= 11 is 0. The Morgan fingerprint density at radius 2 is 1.88 bits per heavy atom. The van der Waals surface area contributed by atoms with Gasteiger partial charge in [-0.15, -0.1) is 0 Å². The molecule has 2 N–H and O–H groups in total. The van der Waals surface area contributed by atoms with E-state index in [4.69, 9.17) is 15.2 Å². The summed E-state index contributed by atoms with van der Waals surface area (Å²) in [6.45, 7) is 8.62. The van der Waals surface area contributed by atoms with Crippen LogP contribution < -0.4 is 5.73 Å². The molecule has 0 radical (unpaired) electrons. The largest absolute Gasteiger partial charge is 0.466 e. The highest BCUT2D eigenvalue weighted by Crippen LogP contribution is 2.33. The summed E-state index contributed by atoms with van der Waals surface area (Å²) in [6.07, 6.45) is 1.34. The van der Waals surface area contributed by atoms with E-state index < -0.39 is 5.41 Å². The number of ether oxygens (including phenoxy) is 2. The Bertz CT molecular complexity index is 231. The van der Waals surface area contributed by atoms with Crippen molar-refractivity contribution >= 4 is 5.97 Å². The maximum atomic E-state index is 12.1. The molecule has 102 valence electrons. The number of hydrogen-bond acceptors (Lipinski definition) is 4. The molecule has 0 aliphatic carbocycles. The van der Waals surface area contributed by atoms with Crippen LogP contribution in [0.25, 0.3) is 0 Å². The molecule has 0 aromatic heterocycles. The fraction of sp³-hybridized carbons (Fsp3) is 0.923. The summed E-state index contributed by atoms with van der Waals surface area (Å²) in [6, 6.07) is 0. The average molecular weight is 245 g/mol. The van der Waals surface area contributed by atoms with Crippen molar-refractivity contribution in [3.63, 3.8) is 0 Å². The molecule has 4 nitrogen and oxygen atoms in total. The van der Waals surface area contributed by atoms with Crippen LogP contribution >= 0.6 is 0 Å². The number of carbonyl (C=O) groups is 1. The Morgan fingerprint density at radius 3 is 2.24 bits per heavy atom.